The molecule has 53 heavy (non-hydrogen) atoms. The molecule has 0 aliphatic heterocycles. The Morgan fingerprint density at radius 3 is 1.19 bits per heavy atom. The summed E-state index contributed by atoms with van der Waals surface area (Å²) in [6.07, 6.45) is 34.5. The lowest BCUT2D eigenvalue weighted by molar-refractivity contribution is -0.161. The predicted octanol–water partition coefficient (Wildman–Crippen LogP) is 11.1. The summed E-state index contributed by atoms with van der Waals surface area (Å²) in [5.74, 6) is -2.36. The van der Waals surface area contributed by atoms with E-state index in [1.807, 2.05) is 0 Å². The third-order valence-electron chi connectivity index (χ3n) is 9.61. The van der Waals surface area contributed by atoms with E-state index in [-0.39, 0.29) is 19.4 Å². The van der Waals surface area contributed by atoms with Gasteiger partial charge in [0, 0.05) is 12.8 Å². The van der Waals surface area contributed by atoms with Crippen LogP contribution < -0.4 is 5.73 Å². The number of carbonyl (C=O) groups is 3. The average molecular weight is 778 g/mol. The van der Waals surface area contributed by atoms with E-state index in [0.29, 0.717) is 12.8 Å². The zero-order valence-electron chi connectivity index (χ0n) is 33.9. The van der Waals surface area contributed by atoms with E-state index >= 15 is 0 Å². The molecule has 3 atom stereocenters. The van der Waals surface area contributed by atoms with E-state index in [4.69, 9.17) is 24.8 Å². The van der Waals surface area contributed by atoms with E-state index in [1.54, 1.807) is 0 Å². The third-order valence-corrected chi connectivity index (χ3v) is 10.6. The van der Waals surface area contributed by atoms with Crippen LogP contribution in [0.3, 0.4) is 0 Å². The van der Waals surface area contributed by atoms with Crippen LogP contribution in [-0.4, -0.2) is 59.9 Å². The highest BCUT2D eigenvalue weighted by molar-refractivity contribution is 7.47. The molecule has 0 amide bonds. The van der Waals surface area contributed by atoms with Gasteiger partial charge in [-0.15, -0.1) is 0 Å². The second-order valence-electron chi connectivity index (χ2n) is 14.8. The molecule has 0 spiro atoms. The van der Waals surface area contributed by atoms with E-state index in [2.05, 4.69) is 18.4 Å². The van der Waals surface area contributed by atoms with Gasteiger partial charge >= 0.3 is 25.7 Å². The molecule has 0 aliphatic carbocycles. The maximum atomic E-state index is 12.6. The highest BCUT2D eigenvalue weighted by Crippen LogP contribution is 2.43. The summed E-state index contributed by atoms with van der Waals surface area (Å²) in [6, 6.07) is -1.52. The Labute approximate surface area is 323 Å². The molecule has 0 heterocycles. The number of carbonyl (C=O) groups excluding carboxylic acids is 2. The van der Waals surface area contributed by atoms with Crippen LogP contribution in [-0.2, 0) is 37.5 Å². The van der Waals surface area contributed by atoms with Crippen molar-refractivity contribution in [1.29, 1.82) is 0 Å². The summed E-state index contributed by atoms with van der Waals surface area (Å²) in [5, 5.41) is 8.87. The SMILES string of the molecule is CCCCCCCCCCCCCCCCCCCCC(=O)O[C@H](COC(=O)CCCCCCCCCCCCC)COP(=O)(O)OC[C@H](N)C(=O)O. The lowest BCUT2D eigenvalue weighted by Crippen LogP contribution is -2.34. The van der Waals surface area contributed by atoms with Crippen LogP contribution in [0, 0.1) is 0 Å². The minimum atomic E-state index is -4.70. The molecule has 0 rings (SSSR count). The Bertz CT molecular complexity index is 921. The zero-order valence-corrected chi connectivity index (χ0v) is 34.8. The van der Waals surface area contributed by atoms with Crippen LogP contribution in [0.15, 0.2) is 0 Å². The number of carboxylic acids is 1. The van der Waals surface area contributed by atoms with Crippen LogP contribution >= 0.6 is 7.82 Å². The van der Waals surface area contributed by atoms with Crippen LogP contribution in [0.1, 0.15) is 213 Å². The number of esters is 2. The first-order valence-corrected chi connectivity index (χ1v) is 23.1. The van der Waals surface area contributed by atoms with Gasteiger partial charge in [0.2, 0.25) is 0 Å². The van der Waals surface area contributed by atoms with E-state index in [1.165, 1.54) is 135 Å². The standard InChI is InChI=1S/C41H80NO10P/c1-3-5-7-9-11-13-15-16-17-18-19-20-21-23-25-27-29-31-33-40(44)52-37(35-50-53(47,48)51-36-38(42)41(45)46)34-49-39(43)32-30-28-26-24-22-14-12-10-8-6-4-2/h37-38H,3-36,42H2,1-2H3,(H,45,46)(H,47,48)/t37-,38+/m1/s1. The average Bonchev–Trinajstić information content (AvgIpc) is 3.13. The van der Waals surface area contributed by atoms with Crippen LogP contribution in [0.4, 0.5) is 0 Å². The fourth-order valence-corrected chi connectivity index (χ4v) is 6.96. The smallest absolute Gasteiger partial charge is 0.472 e. The second-order valence-corrected chi connectivity index (χ2v) is 16.3. The second kappa shape index (κ2) is 37.4. The molecule has 0 radical (unpaired) electrons. The van der Waals surface area contributed by atoms with Gasteiger partial charge in [-0.05, 0) is 12.8 Å². The number of rotatable bonds is 41. The maximum absolute atomic E-state index is 12.6. The normalized spacial score (nSPS) is 13.7. The van der Waals surface area contributed by atoms with Crippen LogP contribution in [0.5, 0.6) is 0 Å². The molecule has 11 nitrogen and oxygen atoms in total. The van der Waals surface area contributed by atoms with Gasteiger partial charge in [0.05, 0.1) is 13.2 Å². The molecule has 0 saturated heterocycles. The summed E-state index contributed by atoms with van der Waals surface area (Å²) < 4.78 is 32.7. The largest absolute Gasteiger partial charge is 0.480 e. The number of unbranched alkanes of at least 4 members (excludes halogenated alkanes) is 27. The molecule has 314 valence electrons. The van der Waals surface area contributed by atoms with Gasteiger partial charge in [-0.1, -0.05) is 187 Å². The van der Waals surface area contributed by atoms with Crippen molar-refractivity contribution in [1.82, 2.24) is 0 Å². The monoisotopic (exact) mass is 778 g/mol. The zero-order chi connectivity index (χ0) is 39.3. The fraction of sp³-hybridized carbons (Fsp3) is 0.927. The molecule has 0 bridgehead atoms. The molecule has 0 fully saturated rings. The van der Waals surface area contributed by atoms with Crippen molar-refractivity contribution in [3.05, 3.63) is 0 Å². The molecule has 0 aromatic carbocycles. The van der Waals surface area contributed by atoms with Gasteiger partial charge in [-0.2, -0.15) is 0 Å². The summed E-state index contributed by atoms with van der Waals surface area (Å²) in [5.41, 5.74) is 5.33. The number of phosphoric acid groups is 1. The molecule has 0 aromatic heterocycles. The topological polar surface area (TPSA) is 172 Å². The predicted molar refractivity (Wildman–Crippen MR) is 213 cm³/mol. The van der Waals surface area contributed by atoms with Crippen molar-refractivity contribution < 1.29 is 47.5 Å². The van der Waals surface area contributed by atoms with Crippen LogP contribution in [0.25, 0.3) is 0 Å². The van der Waals surface area contributed by atoms with Crippen LogP contribution in [0.2, 0.25) is 0 Å². The Morgan fingerprint density at radius 2 is 0.830 bits per heavy atom. The maximum Gasteiger partial charge on any atom is 0.472 e. The molecule has 4 N–H and O–H groups in total. The number of hydrogen-bond acceptors (Lipinski definition) is 9. The first-order chi connectivity index (χ1) is 25.6. The van der Waals surface area contributed by atoms with Gasteiger partial charge < -0.3 is 25.2 Å². The molecule has 0 saturated carbocycles. The van der Waals surface area contributed by atoms with E-state index in [0.717, 1.165) is 38.5 Å². The van der Waals surface area contributed by atoms with Gasteiger partial charge in [-0.3, -0.25) is 23.4 Å². The first kappa shape index (κ1) is 51.5. The van der Waals surface area contributed by atoms with Gasteiger partial charge in [0.25, 0.3) is 0 Å². The number of carboxylic acid groups (broad SMARTS) is 1. The highest BCUT2D eigenvalue weighted by Gasteiger charge is 2.28. The number of phosphoric ester groups is 1. The lowest BCUT2D eigenvalue weighted by atomic mass is 10.0. The van der Waals surface area contributed by atoms with Crippen molar-refractivity contribution in [3.63, 3.8) is 0 Å². The highest BCUT2D eigenvalue weighted by atomic mass is 31.2. The molecule has 0 aromatic rings. The Hall–Kier alpha value is -1.52. The molecular formula is C41H80NO10P. The molecular weight excluding hydrogens is 697 g/mol. The quantitative estimate of drug-likeness (QED) is 0.0306. The number of ether oxygens (including phenoxy) is 2. The van der Waals surface area contributed by atoms with Crippen molar-refractivity contribution in [2.45, 2.75) is 225 Å². The summed E-state index contributed by atoms with van der Waals surface area (Å²) in [6.45, 7) is 2.82. The Morgan fingerprint density at radius 1 is 0.509 bits per heavy atom. The minimum Gasteiger partial charge on any atom is -0.480 e. The fourth-order valence-electron chi connectivity index (χ4n) is 6.18. The number of hydrogen-bond donors (Lipinski definition) is 3. The Kier molecular flexibility index (Phi) is 36.3. The van der Waals surface area contributed by atoms with E-state index < -0.39 is 51.1 Å². The van der Waals surface area contributed by atoms with Gasteiger partial charge in [-0.25, -0.2) is 4.57 Å². The minimum absolute atomic E-state index is 0.169. The van der Waals surface area contributed by atoms with Crippen molar-refractivity contribution >= 4 is 25.7 Å². The Balaban J connectivity index is 4.29. The van der Waals surface area contributed by atoms with E-state index in [9.17, 15) is 23.8 Å². The lowest BCUT2D eigenvalue weighted by Gasteiger charge is -2.20. The van der Waals surface area contributed by atoms with Crippen molar-refractivity contribution in [2.24, 2.45) is 5.73 Å². The molecule has 12 heteroatoms. The van der Waals surface area contributed by atoms with Crippen molar-refractivity contribution in [3.8, 4) is 0 Å². The van der Waals surface area contributed by atoms with Crippen molar-refractivity contribution in [2.75, 3.05) is 19.8 Å². The number of aliphatic carboxylic acids is 1. The molecule has 0 aliphatic rings. The van der Waals surface area contributed by atoms with Gasteiger partial charge in [0.15, 0.2) is 6.10 Å². The third kappa shape index (κ3) is 37.2. The molecule has 1 unspecified atom stereocenters. The summed E-state index contributed by atoms with van der Waals surface area (Å²) in [4.78, 5) is 45.8. The van der Waals surface area contributed by atoms with Gasteiger partial charge in [0.1, 0.15) is 12.6 Å². The first-order valence-electron chi connectivity index (χ1n) is 21.6. The summed E-state index contributed by atoms with van der Waals surface area (Å²) >= 11 is 0. The number of nitrogens with two attached hydrogens (primary N) is 1. The summed E-state index contributed by atoms with van der Waals surface area (Å²) in [7, 11) is -4.70.